The van der Waals surface area contributed by atoms with Crippen molar-refractivity contribution in [1.82, 2.24) is 4.90 Å². The molecular formula is C22H28N2O3. The first-order valence-corrected chi connectivity index (χ1v) is 10.2. The second-order valence-corrected chi connectivity index (χ2v) is 8.07. The SMILES string of the molecule is Cc1cc(=O)oc2cc(NC(=O)C3CCCN(C4CCCCC4)C3)ccc12. The number of fused-ring (bicyclic) bond motifs is 1. The van der Waals surface area contributed by atoms with Crippen LogP contribution in [0, 0.1) is 12.8 Å². The zero-order valence-corrected chi connectivity index (χ0v) is 16.0. The van der Waals surface area contributed by atoms with Crippen LogP contribution in [0.4, 0.5) is 5.69 Å². The number of amides is 1. The molecule has 1 unspecified atom stereocenters. The summed E-state index contributed by atoms with van der Waals surface area (Å²) in [6, 6.07) is 7.69. The Bertz CT molecular complexity index is 883. The van der Waals surface area contributed by atoms with E-state index in [0.717, 1.165) is 36.9 Å². The number of anilines is 1. The van der Waals surface area contributed by atoms with Crippen LogP contribution >= 0.6 is 0 Å². The molecule has 1 aliphatic heterocycles. The summed E-state index contributed by atoms with van der Waals surface area (Å²) in [7, 11) is 0. The number of carbonyl (C=O) groups excluding carboxylic acids is 1. The number of nitrogens with one attached hydrogen (secondary N) is 1. The molecule has 1 N–H and O–H groups in total. The fourth-order valence-corrected chi connectivity index (χ4v) is 4.65. The van der Waals surface area contributed by atoms with E-state index in [9.17, 15) is 9.59 Å². The van der Waals surface area contributed by atoms with Crippen LogP contribution in [0.2, 0.25) is 0 Å². The molecule has 0 bridgehead atoms. The lowest BCUT2D eigenvalue weighted by atomic mass is 9.90. The van der Waals surface area contributed by atoms with Crippen LogP contribution in [-0.2, 0) is 4.79 Å². The number of benzene rings is 1. The number of hydrogen-bond donors (Lipinski definition) is 1. The summed E-state index contributed by atoms with van der Waals surface area (Å²) in [5.74, 6) is 0.103. The summed E-state index contributed by atoms with van der Waals surface area (Å²) in [6.45, 7) is 3.87. The minimum Gasteiger partial charge on any atom is -0.423 e. The monoisotopic (exact) mass is 368 g/mol. The van der Waals surface area contributed by atoms with Crippen molar-refractivity contribution in [3.8, 4) is 0 Å². The van der Waals surface area contributed by atoms with E-state index in [1.807, 2.05) is 19.1 Å². The number of likely N-dealkylation sites (tertiary alicyclic amines) is 1. The van der Waals surface area contributed by atoms with Gasteiger partial charge in [-0.05, 0) is 56.8 Å². The van der Waals surface area contributed by atoms with Gasteiger partial charge in [0.15, 0.2) is 0 Å². The number of aryl methyl sites for hydroxylation is 1. The van der Waals surface area contributed by atoms with Crippen molar-refractivity contribution in [3.05, 3.63) is 40.2 Å². The molecule has 1 saturated heterocycles. The minimum atomic E-state index is -0.362. The summed E-state index contributed by atoms with van der Waals surface area (Å²) < 4.78 is 5.29. The third-order valence-corrected chi connectivity index (χ3v) is 6.13. The Balaban J connectivity index is 1.45. The van der Waals surface area contributed by atoms with Crippen LogP contribution in [0.3, 0.4) is 0 Å². The van der Waals surface area contributed by atoms with Crippen molar-refractivity contribution in [2.24, 2.45) is 5.92 Å². The Hall–Kier alpha value is -2.14. The summed E-state index contributed by atoms with van der Waals surface area (Å²) in [5, 5.41) is 3.94. The molecule has 1 aromatic heterocycles. The van der Waals surface area contributed by atoms with Gasteiger partial charge in [0.1, 0.15) is 5.58 Å². The van der Waals surface area contributed by atoms with Gasteiger partial charge in [-0.25, -0.2) is 4.79 Å². The van der Waals surface area contributed by atoms with E-state index >= 15 is 0 Å². The highest BCUT2D eigenvalue weighted by Crippen LogP contribution is 2.28. The Morgan fingerprint density at radius 2 is 1.93 bits per heavy atom. The molecule has 1 atom stereocenters. The molecule has 4 rings (SSSR count). The average molecular weight is 368 g/mol. The largest absolute Gasteiger partial charge is 0.423 e. The van der Waals surface area contributed by atoms with Gasteiger partial charge < -0.3 is 9.73 Å². The highest BCUT2D eigenvalue weighted by Gasteiger charge is 2.30. The van der Waals surface area contributed by atoms with Gasteiger partial charge in [0, 0.05) is 35.8 Å². The number of carbonyl (C=O) groups is 1. The smallest absolute Gasteiger partial charge is 0.336 e. The third-order valence-electron chi connectivity index (χ3n) is 6.13. The fourth-order valence-electron chi connectivity index (χ4n) is 4.65. The topological polar surface area (TPSA) is 62.6 Å². The van der Waals surface area contributed by atoms with E-state index in [4.69, 9.17) is 4.42 Å². The molecule has 1 amide bonds. The van der Waals surface area contributed by atoms with Crippen LogP contribution in [0.25, 0.3) is 11.0 Å². The Kier molecular flexibility index (Phi) is 5.30. The normalized spacial score (nSPS) is 22.0. The molecule has 5 nitrogen and oxygen atoms in total. The number of nitrogens with zero attached hydrogens (tertiary/aromatic N) is 1. The molecule has 2 aliphatic rings. The molecule has 2 aromatic rings. The van der Waals surface area contributed by atoms with Gasteiger partial charge in [-0.2, -0.15) is 0 Å². The number of hydrogen-bond acceptors (Lipinski definition) is 4. The van der Waals surface area contributed by atoms with Crippen LogP contribution in [-0.4, -0.2) is 29.9 Å². The molecule has 0 spiro atoms. The quantitative estimate of drug-likeness (QED) is 0.829. The molecular weight excluding hydrogens is 340 g/mol. The zero-order chi connectivity index (χ0) is 18.8. The maximum atomic E-state index is 12.8. The van der Waals surface area contributed by atoms with Crippen LogP contribution in [0.5, 0.6) is 0 Å². The first kappa shape index (κ1) is 18.2. The van der Waals surface area contributed by atoms with Gasteiger partial charge in [-0.3, -0.25) is 9.69 Å². The maximum absolute atomic E-state index is 12.8. The molecule has 0 radical (unpaired) electrons. The molecule has 27 heavy (non-hydrogen) atoms. The fraction of sp³-hybridized carbons (Fsp3) is 0.545. The van der Waals surface area contributed by atoms with E-state index in [0.29, 0.717) is 17.3 Å². The lowest BCUT2D eigenvalue weighted by Crippen LogP contribution is -2.46. The number of rotatable bonds is 3. The predicted molar refractivity (Wildman–Crippen MR) is 107 cm³/mol. The van der Waals surface area contributed by atoms with Gasteiger partial charge in [0.2, 0.25) is 5.91 Å². The Morgan fingerprint density at radius 3 is 2.74 bits per heavy atom. The lowest BCUT2D eigenvalue weighted by Gasteiger charge is -2.39. The summed E-state index contributed by atoms with van der Waals surface area (Å²) in [6.07, 6.45) is 8.57. The van der Waals surface area contributed by atoms with Crippen molar-refractivity contribution in [2.75, 3.05) is 18.4 Å². The highest BCUT2D eigenvalue weighted by atomic mass is 16.4. The van der Waals surface area contributed by atoms with Crippen molar-refractivity contribution in [2.45, 2.75) is 57.9 Å². The van der Waals surface area contributed by atoms with Crippen molar-refractivity contribution >= 4 is 22.6 Å². The molecule has 1 aromatic carbocycles. The molecule has 2 heterocycles. The van der Waals surface area contributed by atoms with E-state index in [1.165, 1.54) is 38.2 Å². The lowest BCUT2D eigenvalue weighted by molar-refractivity contribution is -0.121. The average Bonchev–Trinajstić information content (AvgIpc) is 2.68. The van der Waals surface area contributed by atoms with Gasteiger partial charge in [0.05, 0.1) is 5.92 Å². The third kappa shape index (κ3) is 4.08. The van der Waals surface area contributed by atoms with E-state index in [2.05, 4.69) is 10.2 Å². The first-order chi connectivity index (χ1) is 13.1. The molecule has 144 valence electrons. The second kappa shape index (κ2) is 7.85. The summed E-state index contributed by atoms with van der Waals surface area (Å²) in [5.41, 5.74) is 1.73. The Morgan fingerprint density at radius 1 is 1.11 bits per heavy atom. The van der Waals surface area contributed by atoms with Gasteiger partial charge in [0.25, 0.3) is 0 Å². The Labute approximate surface area is 159 Å². The summed E-state index contributed by atoms with van der Waals surface area (Å²) >= 11 is 0. The predicted octanol–water partition coefficient (Wildman–Crippen LogP) is 4.08. The van der Waals surface area contributed by atoms with Crippen LogP contribution in [0.1, 0.15) is 50.5 Å². The van der Waals surface area contributed by atoms with Crippen LogP contribution < -0.4 is 10.9 Å². The molecule has 1 aliphatic carbocycles. The van der Waals surface area contributed by atoms with Crippen LogP contribution in [0.15, 0.2) is 33.5 Å². The summed E-state index contributed by atoms with van der Waals surface area (Å²) in [4.78, 5) is 27.0. The van der Waals surface area contributed by atoms with E-state index in [-0.39, 0.29) is 17.5 Å². The molecule has 5 heteroatoms. The van der Waals surface area contributed by atoms with Crippen molar-refractivity contribution < 1.29 is 9.21 Å². The van der Waals surface area contributed by atoms with E-state index < -0.39 is 0 Å². The zero-order valence-electron chi connectivity index (χ0n) is 16.0. The van der Waals surface area contributed by atoms with Gasteiger partial charge in [-0.1, -0.05) is 19.3 Å². The number of piperidine rings is 1. The first-order valence-electron chi connectivity index (χ1n) is 10.2. The standard InChI is InChI=1S/C22H28N2O3/c1-15-12-21(25)27-20-13-17(9-10-19(15)20)23-22(26)16-6-5-11-24(14-16)18-7-3-2-4-8-18/h9-10,12-13,16,18H,2-8,11,14H2,1H3,(H,23,26). The van der Waals surface area contributed by atoms with Gasteiger partial charge >= 0.3 is 5.63 Å². The molecule has 2 fully saturated rings. The van der Waals surface area contributed by atoms with E-state index in [1.54, 1.807) is 6.07 Å². The van der Waals surface area contributed by atoms with Gasteiger partial charge in [-0.15, -0.1) is 0 Å². The van der Waals surface area contributed by atoms with Crippen molar-refractivity contribution in [3.63, 3.8) is 0 Å². The second-order valence-electron chi connectivity index (χ2n) is 8.07. The maximum Gasteiger partial charge on any atom is 0.336 e. The molecule has 1 saturated carbocycles. The minimum absolute atomic E-state index is 0.0286. The van der Waals surface area contributed by atoms with Crippen molar-refractivity contribution in [1.29, 1.82) is 0 Å². The highest BCUT2D eigenvalue weighted by molar-refractivity contribution is 5.95.